The molecule has 9 nitrogen and oxygen atoms in total. The average molecular weight is 546 g/mol. The smallest absolute Gasteiger partial charge is 0.433 e. The average Bonchev–Trinajstić information content (AvgIpc) is 3.32. The number of amides is 2. The monoisotopic (exact) mass is 545 g/mol. The molecule has 3 aromatic rings. The molecule has 39 heavy (non-hydrogen) atoms. The molecule has 0 unspecified atom stereocenters. The van der Waals surface area contributed by atoms with Gasteiger partial charge in [0.15, 0.2) is 11.5 Å². The Morgan fingerprint density at radius 1 is 1.13 bits per heavy atom. The number of pyridine rings is 1. The summed E-state index contributed by atoms with van der Waals surface area (Å²) in [6, 6.07) is 4.58. The van der Waals surface area contributed by atoms with Gasteiger partial charge in [-0.05, 0) is 56.9 Å². The van der Waals surface area contributed by atoms with Crippen LogP contribution in [0.1, 0.15) is 67.0 Å². The van der Waals surface area contributed by atoms with Crippen LogP contribution in [-0.2, 0) is 11.0 Å². The lowest BCUT2D eigenvalue weighted by Gasteiger charge is -2.34. The summed E-state index contributed by atoms with van der Waals surface area (Å²) >= 11 is 0. The molecule has 1 atom stereocenters. The van der Waals surface area contributed by atoms with Crippen LogP contribution in [0.5, 0.6) is 5.75 Å². The third kappa shape index (κ3) is 5.29. The van der Waals surface area contributed by atoms with Crippen LogP contribution in [0.4, 0.5) is 13.2 Å². The minimum absolute atomic E-state index is 0.00994. The predicted octanol–water partition coefficient (Wildman–Crippen LogP) is 4.46. The second-order valence-corrected chi connectivity index (χ2v) is 10.1. The summed E-state index contributed by atoms with van der Waals surface area (Å²) in [4.78, 5) is 35.7. The van der Waals surface area contributed by atoms with Crippen LogP contribution in [0, 0.1) is 5.92 Å². The zero-order chi connectivity index (χ0) is 27.9. The molecule has 3 heterocycles. The van der Waals surface area contributed by atoms with E-state index >= 15 is 0 Å². The first-order valence-corrected chi connectivity index (χ1v) is 13.0. The minimum Gasteiger partial charge on any atom is -0.494 e. The molecule has 2 aromatic heterocycles. The first-order chi connectivity index (χ1) is 18.6. The Hall–Kier alpha value is -3.67. The molecule has 5 rings (SSSR count). The van der Waals surface area contributed by atoms with Crippen LogP contribution in [0.3, 0.4) is 0 Å². The van der Waals surface area contributed by atoms with Gasteiger partial charge in [-0.15, -0.1) is 0 Å². The van der Waals surface area contributed by atoms with E-state index in [0.717, 1.165) is 25.3 Å². The summed E-state index contributed by atoms with van der Waals surface area (Å²) in [5.41, 5.74) is 5.45. The Balaban J connectivity index is 1.41. The number of nitrogens with zero attached hydrogens (tertiary/aromatic N) is 3. The number of methoxy groups -OCH3 is 1. The van der Waals surface area contributed by atoms with E-state index in [1.807, 2.05) is 0 Å². The lowest BCUT2D eigenvalue weighted by molar-refractivity contribution is -0.141. The number of fused-ring (bicyclic) bond motifs is 1. The molecule has 2 amide bonds. The summed E-state index contributed by atoms with van der Waals surface area (Å²) in [6.07, 6.45) is -0.434. The van der Waals surface area contributed by atoms with E-state index in [9.17, 15) is 22.8 Å². The topological polar surface area (TPSA) is 124 Å². The second-order valence-electron chi connectivity index (χ2n) is 10.1. The number of carbonyl (C=O) groups excluding carboxylic acids is 2. The number of alkyl halides is 3. The Morgan fingerprint density at radius 2 is 1.85 bits per heavy atom. The van der Waals surface area contributed by atoms with Crippen molar-refractivity contribution in [1.82, 2.24) is 20.2 Å². The zero-order valence-corrected chi connectivity index (χ0v) is 21.7. The van der Waals surface area contributed by atoms with E-state index in [0.29, 0.717) is 36.9 Å². The first-order valence-electron chi connectivity index (χ1n) is 13.0. The molecule has 2 fully saturated rings. The van der Waals surface area contributed by atoms with Gasteiger partial charge in [0.1, 0.15) is 17.0 Å². The maximum absolute atomic E-state index is 13.5. The lowest BCUT2D eigenvalue weighted by atomic mass is 9.84. The van der Waals surface area contributed by atoms with Crippen molar-refractivity contribution in [2.24, 2.45) is 11.7 Å². The van der Waals surface area contributed by atoms with Crippen molar-refractivity contribution < 1.29 is 31.9 Å². The number of oxazole rings is 1. The van der Waals surface area contributed by atoms with E-state index < -0.39 is 17.9 Å². The van der Waals surface area contributed by atoms with Gasteiger partial charge in [0, 0.05) is 36.0 Å². The number of piperidine rings is 1. The molecule has 0 spiro atoms. The number of nitrogens with one attached hydrogen (secondary N) is 1. The first kappa shape index (κ1) is 26.9. The fourth-order valence-electron chi connectivity index (χ4n) is 4.98. The highest BCUT2D eigenvalue weighted by atomic mass is 19.4. The van der Waals surface area contributed by atoms with Gasteiger partial charge in [0.05, 0.1) is 13.2 Å². The van der Waals surface area contributed by atoms with E-state index in [1.54, 1.807) is 17.9 Å². The summed E-state index contributed by atoms with van der Waals surface area (Å²) in [6.45, 7) is 2.53. The van der Waals surface area contributed by atoms with Crippen molar-refractivity contribution in [2.45, 2.75) is 57.3 Å². The van der Waals surface area contributed by atoms with Crippen LogP contribution in [-0.4, -0.2) is 52.9 Å². The van der Waals surface area contributed by atoms with Gasteiger partial charge in [-0.3, -0.25) is 9.59 Å². The Morgan fingerprint density at radius 3 is 2.44 bits per heavy atom. The molecule has 2 aliphatic rings. The van der Waals surface area contributed by atoms with E-state index in [4.69, 9.17) is 14.9 Å². The lowest BCUT2D eigenvalue weighted by Crippen LogP contribution is -2.48. The van der Waals surface area contributed by atoms with Gasteiger partial charge in [-0.2, -0.15) is 13.2 Å². The summed E-state index contributed by atoms with van der Waals surface area (Å²) < 4.78 is 51.1. The van der Waals surface area contributed by atoms with Crippen molar-refractivity contribution in [3.05, 3.63) is 41.4 Å². The third-order valence-electron chi connectivity index (χ3n) is 7.43. The third-order valence-corrected chi connectivity index (χ3v) is 7.43. The summed E-state index contributed by atoms with van der Waals surface area (Å²) in [5.74, 6) is 0.228. The van der Waals surface area contributed by atoms with Gasteiger partial charge >= 0.3 is 6.18 Å². The molecule has 1 aliphatic heterocycles. The number of hydrogen-bond donors (Lipinski definition) is 2. The SMILES string of the molecule is COc1ccc(-c2nc(C(=O)N3CCC(NC(=O)C4CCC4)CC3)c([C@H](C)N)o2)c2ccc(C(F)(F)F)nc12. The number of hydrogen-bond acceptors (Lipinski definition) is 7. The molecule has 1 aliphatic carbocycles. The quantitative estimate of drug-likeness (QED) is 0.469. The van der Waals surface area contributed by atoms with Crippen LogP contribution in [0.2, 0.25) is 0 Å². The number of halogens is 3. The highest BCUT2D eigenvalue weighted by Crippen LogP contribution is 2.37. The number of rotatable bonds is 6. The van der Waals surface area contributed by atoms with Crippen molar-refractivity contribution in [3.63, 3.8) is 0 Å². The van der Waals surface area contributed by atoms with Crippen molar-refractivity contribution in [3.8, 4) is 17.2 Å². The Kier molecular flexibility index (Phi) is 7.23. The van der Waals surface area contributed by atoms with Crippen LogP contribution < -0.4 is 15.8 Å². The minimum atomic E-state index is -4.63. The van der Waals surface area contributed by atoms with Crippen LogP contribution in [0.15, 0.2) is 28.7 Å². The number of benzene rings is 1. The van der Waals surface area contributed by atoms with E-state index in [2.05, 4.69) is 15.3 Å². The molecule has 0 bridgehead atoms. The number of likely N-dealkylation sites (tertiary alicyclic amines) is 1. The number of nitrogens with two attached hydrogens (primary N) is 1. The van der Waals surface area contributed by atoms with E-state index in [1.165, 1.54) is 19.2 Å². The predicted molar refractivity (Wildman–Crippen MR) is 136 cm³/mol. The highest BCUT2D eigenvalue weighted by molar-refractivity contribution is 5.98. The van der Waals surface area contributed by atoms with Gasteiger partial charge in [-0.25, -0.2) is 9.97 Å². The number of carbonyl (C=O) groups is 2. The Bertz CT molecular complexity index is 1390. The highest BCUT2D eigenvalue weighted by Gasteiger charge is 2.34. The van der Waals surface area contributed by atoms with Crippen LogP contribution >= 0.6 is 0 Å². The van der Waals surface area contributed by atoms with E-state index in [-0.39, 0.29) is 52.4 Å². The molecule has 1 saturated carbocycles. The fourth-order valence-corrected chi connectivity index (χ4v) is 4.98. The molecule has 1 aromatic carbocycles. The van der Waals surface area contributed by atoms with Crippen molar-refractivity contribution >= 4 is 22.7 Å². The summed E-state index contributed by atoms with van der Waals surface area (Å²) in [7, 11) is 1.34. The largest absolute Gasteiger partial charge is 0.494 e. The van der Waals surface area contributed by atoms with Crippen molar-refractivity contribution in [1.29, 1.82) is 0 Å². The molecular weight excluding hydrogens is 515 g/mol. The standard InChI is InChI=1S/C27H30F3N5O4/c1-14(31)23-22(26(37)35-12-10-16(11-13-35)32-24(36)15-4-3-5-15)34-25(39-23)18-6-8-19(38-2)21-17(18)7-9-20(33-21)27(28,29)30/h6-9,14-16H,3-5,10-13,31H2,1-2H3,(H,32,36)/t14-/m0/s1. The number of aromatic nitrogens is 2. The molecule has 12 heteroatoms. The van der Waals surface area contributed by atoms with Gasteiger partial charge in [-0.1, -0.05) is 6.42 Å². The Labute approximate surface area is 222 Å². The zero-order valence-electron chi connectivity index (χ0n) is 21.7. The molecule has 1 saturated heterocycles. The summed E-state index contributed by atoms with van der Waals surface area (Å²) in [5, 5.41) is 3.42. The molecular formula is C27H30F3N5O4. The molecule has 208 valence electrons. The normalized spacial score (nSPS) is 17.6. The van der Waals surface area contributed by atoms with Gasteiger partial charge in [0.25, 0.3) is 5.91 Å². The van der Waals surface area contributed by atoms with Gasteiger partial charge < -0.3 is 25.1 Å². The van der Waals surface area contributed by atoms with Gasteiger partial charge in [0.2, 0.25) is 11.8 Å². The van der Waals surface area contributed by atoms with Crippen LogP contribution in [0.25, 0.3) is 22.4 Å². The number of ether oxygens (including phenoxy) is 1. The molecule has 3 N–H and O–H groups in total. The maximum Gasteiger partial charge on any atom is 0.433 e. The van der Waals surface area contributed by atoms with Crippen molar-refractivity contribution in [2.75, 3.05) is 20.2 Å². The maximum atomic E-state index is 13.5. The fraction of sp³-hybridized carbons (Fsp3) is 0.481. The molecule has 0 radical (unpaired) electrons. The second kappa shape index (κ2) is 10.5.